The Morgan fingerprint density at radius 1 is 0.865 bits per heavy atom. The molecule has 2 fully saturated rings. The van der Waals surface area contributed by atoms with Crippen LogP contribution in [0.2, 0.25) is 0 Å². The Morgan fingerprint density at radius 2 is 1.43 bits per heavy atom. The lowest BCUT2D eigenvalue weighted by Gasteiger charge is -2.53. The number of piperidine rings is 1. The summed E-state index contributed by atoms with van der Waals surface area (Å²) in [6.45, 7) is 2.24. The number of hydrogen-bond donors (Lipinski definition) is 2. The smallest absolute Gasteiger partial charge is 0.408 e. The van der Waals surface area contributed by atoms with E-state index in [2.05, 4.69) is 46.6 Å². The third-order valence-electron chi connectivity index (χ3n) is 8.61. The van der Waals surface area contributed by atoms with E-state index in [9.17, 15) is 14.7 Å². The Kier molecular flexibility index (Phi) is 6.21. The molecule has 6 nitrogen and oxygen atoms in total. The number of carbonyl (C=O) groups excluding carboxylic acids is 1. The molecule has 0 radical (unpaired) electrons. The summed E-state index contributed by atoms with van der Waals surface area (Å²) in [5, 5.41) is 13.4. The minimum absolute atomic E-state index is 0.0638. The molecule has 2 bridgehead atoms. The van der Waals surface area contributed by atoms with E-state index < -0.39 is 17.6 Å². The van der Waals surface area contributed by atoms with Crippen molar-refractivity contribution < 1.29 is 19.4 Å². The number of rotatable bonds is 6. The molecule has 3 aromatic carbocycles. The molecule has 1 amide bonds. The van der Waals surface area contributed by atoms with Crippen LogP contribution in [0.1, 0.15) is 41.9 Å². The van der Waals surface area contributed by atoms with E-state index in [-0.39, 0.29) is 24.4 Å². The molecule has 3 aliphatic rings. The van der Waals surface area contributed by atoms with E-state index in [1.165, 1.54) is 5.56 Å². The first-order chi connectivity index (χ1) is 18.1. The summed E-state index contributed by atoms with van der Waals surface area (Å²) in [6.07, 6.45) is 1.89. The molecular formula is C31H32N2O4. The second kappa shape index (κ2) is 9.67. The Balaban J connectivity index is 1.18. The van der Waals surface area contributed by atoms with Gasteiger partial charge in [-0.15, -0.1) is 0 Å². The van der Waals surface area contributed by atoms with Crippen LogP contribution in [0.4, 0.5) is 4.79 Å². The van der Waals surface area contributed by atoms with Crippen molar-refractivity contribution in [1.29, 1.82) is 0 Å². The summed E-state index contributed by atoms with van der Waals surface area (Å²) in [5.74, 6) is -1.34. The molecule has 1 saturated carbocycles. The van der Waals surface area contributed by atoms with Crippen LogP contribution in [-0.4, -0.2) is 47.3 Å². The van der Waals surface area contributed by atoms with Gasteiger partial charge in [0.2, 0.25) is 0 Å². The first-order valence-corrected chi connectivity index (χ1v) is 13.2. The molecule has 1 saturated heterocycles. The molecule has 6 heteroatoms. The van der Waals surface area contributed by atoms with Crippen LogP contribution in [-0.2, 0) is 16.1 Å². The van der Waals surface area contributed by atoms with Gasteiger partial charge in [-0.3, -0.25) is 4.90 Å². The van der Waals surface area contributed by atoms with Crippen molar-refractivity contribution in [3.63, 3.8) is 0 Å². The van der Waals surface area contributed by atoms with E-state index >= 15 is 0 Å². The summed E-state index contributed by atoms with van der Waals surface area (Å²) < 4.78 is 5.78. The number of carbonyl (C=O) groups is 2. The van der Waals surface area contributed by atoms with Crippen LogP contribution in [0.25, 0.3) is 11.1 Å². The largest absolute Gasteiger partial charge is 0.479 e. The van der Waals surface area contributed by atoms with Crippen molar-refractivity contribution in [3.8, 4) is 11.1 Å². The van der Waals surface area contributed by atoms with Crippen molar-refractivity contribution in [2.75, 3.05) is 19.7 Å². The van der Waals surface area contributed by atoms with Gasteiger partial charge in [0.1, 0.15) is 12.1 Å². The molecule has 2 unspecified atom stereocenters. The summed E-state index contributed by atoms with van der Waals surface area (Å²) in [5.41, 5.74) is 4.51. The predicted octanol–water partition coefficient (Wildman–Crippen LogP) is 5.28. The molecule has 2 atom stereocenters. The van der Waals surface area contributed by atoms with E-state index in [1.807, 2.05) is 42.5 Å². The highest BCUT2D eigenvalue weighted by Crippen LogP contribution is 2.45. The maximum atomic E-state index is 13.2. The average Bonchev–Trinajstić information content (AvgIpc) is 3.22. The van der Waals surface area contributed by atoms with E-state index in [1.54, 1.807) is 0 Å². The average molecular weight is 497 g/mol. The number of benzene rings is 3. The number of carboxylic acids is 1. The number of aliphatic carboxylic acids is 1. The molecule has 3 aromatic rings. The first kappa shape index (κ1) is 23.7. The number of likely N-dealkylation sites (tertiary alicyclic amines) is 1. The molecule has 0 aromatic heterocycles. The summed E-state index contributed by atoms with van der Waals surface area (Å²) >= 11 is 0. The number of carboxylic acid groups (broad SMARTS) is 1. The van der Waals surface area contributed by atoms with Crippen LogP contribution in [0, 0.1) is 11.8 Å². The van der Waals surface area contributed by atoms with Gasteiger partial charge in [0.15, 0.2) is 0 Å². The van der Waals surface area contributed by atoms with Crippen LogP contribution < -0.4 is 5.32 Å². The van der Waals surface area contributed by atoms with Gasteiger partial charge >= 0.3 is 12.1 Å². The van der Waals surface area contributed by atoms with Crippen LogP contribution in [0.3, 0.4) is 0 Å². The number of fused-ring (bicyclic) bond motifs is 5. The second-order valence-electron chi connectivity index (χ2n) is 10.6. The van der Waals surface area contributed by atoms with Gasteiger partial charge in [0, 0.05) is 37.4 Å². The summed E-state index contributed by atoms with van der Waals surface area (Å²) in [4.78, 5) is 28.3. The highest BCUT2D eigenvalue weighted by molar-refractivity contribution is 5.86. The summed E-state index contributed by atoms with van der Waals surface area (Å²) in [7, 11) is 0. The number of alkyl carbamates (subject to hydrolysis) is 1. The van der Waals surface area contributed by atoms with Gasteiger partial charge in [0.25, 0.3) is 0 Å². The topological polar surface area (TPSA) is 78.9 Å². The number of hydrogen-bond acceptors (Lipinski definition) is 4. The zero-order valence-electron chi connectivity index (χ0n) is 20.8. The van der Waals surface area contributed by atoms with Crippen molar-refractivity contribution >= 4 is 12.1 Å². The Bertz CT molecular complexity index is 1250. The SMILES string of the molecule is O=C(NC1(C(=O)O)C2CCCC1CN(Cc1ccccc1)C2)OCC1c2ccccc2-c2ccccc21. The minimum atomic E-state index is -1.30. The van der Waals surface area contributed by atoms with Gasteiger partial charge in [-0.2, -0.15) is 0 Å². The highest BCUT2D eigenvalue weighted by Gasteiger charge is 2.58. The zero-order valence-corrected chi connectivity index (χ0v) is 20.8. The molecular weight excluding hydrogens is 464 g/mol. The van der Waals surface area contributed by atoms with Gasteiger partial charge in [-0.1, -0.05) is 85.3 Å². The molecule has 2 N–H and O–H groups in total. The van der Waals surface area contributed by atoms with Crippen LogP contribution in [0.15, 0.2) is 78.9 Å². The lowest BCUT2D eigenvalue weighted by molar-refractivity contribution is -0.158. The van der Waals surface area contributed by atoms with E-state index in [0.717, 1.165) is 48.1 Å². The maximum absolute atomic E-state index is 13.2. The zero-order chi connectivity index (χ0) is 25.4. The maximum Gasteiger partial charge on any atom is 0.408 e. The van der Waals surface area contributed by atoms with E-state index in [4.69, 9.17) is 4.74 Å². The fraction of sp³-hybridized carbons (Fsp3) is 0.355. The number of nitrogens with zero attached hydrogens (tertiary/aromatic N) is 1. The fourth-order valence-corrected chi connectivity index (χ4v) is 6.95. The molecule has 0 spiro atoms. The molecule has 6 rings (SSSR count). The number of ether oxygens (including phenoxy) is 1. The molecule has 1 aliphatic heterocycles. The third kappa shape index (κ3) is 4.19. The molecule has 2 aliphatic carbocycles. The second-order valence-corrected chi connectivity index (χ2v) is 10.6. The molecule has 190 valence electrons. The Morgan fingerprint density at radius 3 is 2.03 bits per heavy atom. The van der Waals surface area contributed by atoms with Gasteiger partial charge in [-0.05, 0) is 40.7 Å². The van der Waals surface area contributed by atoms with Gasteiger partial charge in [0.05, 0.1) is 0 Å². The predicted molar refractivity (Wildman–Crippen MR) is 141 cm³/mol. The lowest BCUT2D eigenvalue weighted by atomic mass is 9.63. The quantitative estimate of drug-likeness (QED) is 0.485. The van der Waals surface area contributed by atoms with Crippen molar-refractivity contribution in [2.45, 2.75) is 37.3 Å². The normalized spacial score (nSPS) is 24.6. The van der Waals surface area contributed by atoms with Gasteiger partial charge in [-0.25, -0.2) is 9.59 Å². The third-order valence-corrected chi connectivity index (χ3v) is 8.61. The van der Waals surface area contributed by atoms with Crippen molar-refractivity contribution in [1.82, 2.24) is 10.2 Å². The van der Waals surface area contributed by atoms with Gasteiger partial charge < -0.3 is 15.2 Å². The first-order valence-electron chi connectivity index (χ1n) is 13.2. The monoisotopic (exact) mass is 496 g/mol. The standard InChI is InChI=1S/C31H32N2O4/c34-29(35)31(22-11-8-12-23(31)19-33(18-22)17-21-9-2-1-3-10-21)32-30(36)37-20-28-26-15-6-4-13-24(26)25-14-5-7-16-27(25)28/h1-7,9-10,13-16,22-23,28H,8,11-12,17-20H2,(H,32,36)(H,34,35). The minimum Gasteiger partial charge on any atom is -0.479 e. The van der Waals surface area contributed by atoms with Crippen LogP contribution in [0.5, 0.6) is 0 Å². The van der Waals surface area contributed by atoms with Crippen LogP contribution >= 0.6 is 0 Å². The molecule has 1 heterocycles. The Hall–Kier alpha value is -3.64. The highest BCUT2D eigenvalue weighted by atomic mass is 16.5. The number of nitrogens with one attached hydrogen (secondary N) is 1. The van der Waals surface area contributed by atoms with Crippen molar-refractivity contribution in [2.24, 2.45) is 11.8 Å². The Labute approximate surface area is 217 Å². The number of amides is 1. The van der Waals surface area contributed by atoms with Crippen molar-refractivity contribution in [3.05, 3.63) is 95.6 Å². The molecule has 37 heavy (non-hydrogen) atoms. The summed E-state index contributed by atoms with van der Waals surface area (Å²) in [6, 6.07) is 26.6. The van der Waals surface area contributed by atoms with E-state index in [0.29, 0.717) is 13.1 Å². The lowest BCUT2D eigenvalue weighted by Crippen LogP contribution is -2.71. The fourth-order valence-electron chi connectivity index (χ4n) is 6.95.